The van der Waals surface area contributed by atoms with E-state index < -0.39 is 0 Å². The summed E-state index contributed by atoms with van der Waals surface area (Å²) in [4.78, 5) is 3.78. The van der Waals surface area contributed by atoms with Crippen molar-refractivity contribution in [1.82, 2.24) is 4.98 Å². The number of hydrogen-bond acceptors (Lipinski definition) is 2. The van der Waals surface area contributed by atoms with Crippen molar-refractivity contribution in [1.29, 1.82) is 0 Å². The van der Waals surface area contributed by atoms with Crippen LogP contribution in [0.4, 0.5) is 4.39 Å². The lowest BCUT2D eigenvalue weighted by molar-refractivity contribution is 0.294. The third-order valence-corrected chi connectivity index (χ3v) is 1.70. The van der Waals surface area contributed by atoms with Gasteiger partial charge in [-0.15, -0.1) is 0 Å². The summed E-state index contributed by atoms with van der Waals surface area (Å²) < 4.78 is 17.7. The maximum absolute atomic E-state index is 12.4. The Labute approximate surface area is 77.8 Å². The molecule has 0 saturated carbocycles. The van der Waals surface area contributed by atoms with Gasteiger partial charge in [-0.3, -0.25) is 0 Å². The fourth-order valence-corrected chi connectivity index (χ4v) is 0.976. The molecule has 1 aromatic rings. The van der Waals surface area contributed by atoms with Gasteiger partial charge < -0.3 is 4.74 Å². The van der Waals surface area contributed by atoms with Crippen LogP contribution < -0.4 is 4.74 Å². The smallest absolute Gasteiger partial charge is 0.213 e. The van der Waals surface area contributed by atoms with Gasteiger partial charge in [-0.1, -0.05) is 19.8 Å². The molecule has 0 radical (unpaired) electrons. The Morgan fingerprint density at radius 1 is 1.38 bits per heavy atom. The van der Waals surface area contributed by atoms with E-state index in [-0.39, 0.29) is 5.82 Å². The van der Waals surface area contributed by atoms with Crippen LogP contribution in [0.2, 0.25) is 0 Å². The summed E-state index contributed by atoms with van der Waals surface area (Å²) in [6, 6.07) is 2.89. The molecule has 1 rings (SSSR count). The fourth-order valence-electron chi connectivity index (χ4n) is 0.976. The van der Waals surface area contributed by atoms with E-state index in [0.29, 0.717) is 12.5 Å². The van der Waals surface area contributed by atoms with Crippen LogP contribution in [0.3, 0.4) is 0 Å². The second-order valence-corrected chi connectivity index (χ2v) is 2.87. The second-order valence-electron chi connectivity index (χ2n) is 2.87. The molecule has 3 heteroatoms. The van der Waals surface area contributed by atoms with E-state index in [0.717, 1.165) is 19.0 Å². The van der Waals surface area contributed by atoms with Gasteiger partial charge in [0.2, 0.25) is 5.88 Å². The maximum Gasteiger partial charge on any atom is 0.213 e. The van der Waals surface area contributed by atoms with Crippen LogP contribution >= 0.6 is 0 Å². The average Bonchev–Trinajstić information content (AvgIpc) is 2.15. The Bertz CT molecular complexity index is 235. The highest BCUT2D eigenvalue weighted by Gasteiger charge is 1.94. The fraction of sp³-hybridized carbons (Fsp3) is 0.500. The lowest BCUT2D eigenvalue weighted by Crippen LogP contribution is -1.98. The molecule has 0 aliphatic heterocycles. The number of aromatic nitrogens is 1. The Kier molecular flexibility index (Phi) is 4.23. The van der Waals surface area contributed by atoms with Crippen LogP contribution in [0, 0.1) is 5.82 Å². The van der Waals surface area contributed by atoms with E-state index in [1.807, 2.05) is 0 Å². The van der Waals surface area contributed by atoms with E-state index in [9.17, 15) is 4.39 Å². The van der Waals surface area contributed by atoms with E-state index in [1.165, 1.54) is 12.5 Å². The minimum atomic E-state index is -0.332. The van der Waals surface area contributed by atoms with Gasteiger partial charge in [-0.25, -0.2) is 9.37 Å². The average molecular weight is 183 g/mol. The molecule has 1 aromatic heterocycles. The van der Waals surface area contributed by atoms with Crippen molar-refractivity contribution in [3.63, 3.8) is 0 Å². The Morgan fingerprint density at radius 2 is 2.23 bits per heavy atom. The normalized spacial score (nSPS) is 10.0. The van der Waals surface area contributed by atoms with Crippen molar-refractivity contribution in [3.05, 3.63) is 24.1 Å². The molecule has 2 nitrogen and oxygen atoms in total. The molecule has 0 amide bonds. The van der Waals surface area contributed by atoms with Crippen LogP contribution in [-0.2, 0) is 0 Å². The Morgan fingerprint density at radius 3 is 2.85 bits per heavy atom. The van der Waals surface area contributed by atoms with Crippen LogP contribution in [-0.4, -0.2) is 11.6 Å². The van der Waals surface area contributed by atoms with Crippen molar-refractivity contribution in [2.45, 2.75) is 26.2 Å². The van der Waals surface area contributed by atoms with Crippen molar-refractivity contribution in [2.24, 2.45) is 0 Å². The summed E-state index contributed by atoms with van der Waals surface area (Å²) in [5, 5.41) is 0. The highest BCUT2D eigenvalue weighted by molar-refractivity contribution is 5.10. The summed E-state index contributed by atoms with van der Waals surface area (Å²) in [6.07, 6.45) is 4.51. The molecule has 0 saturated heterocycles. The monoisotopic (exact) mass is 183 g/mol. The van der Waals surface area contributed by atoms with Crippen LogP contribution in [0.1, 0.15) is 26.2 Å². The zero-order valence-electron chi connectivity index (χ0n) is 7.79. The molecule has 0 aromatic carbocycles. The van der Waals surface area contributed by atoms with Crippen molar-refractivity contribution in [2.75, 3.05) is 6.61 Å². The maximum atomic E-state index is 12.4. The van der Waals surface area contributed by atoms with E-state index in [4.69, 9.17) is 4.74 Å². The first-order chi connectivity index (χ1) is 6.33. The van der Waals surface area contributed by atoms with Gasteiger partial charge in [-0.2, -0.15) is 0 Å². The van der Waals surface area contributed by atoms with Gasteiger partial charge in [0.25, 0.3) is 0 Å². The number of halogens is 1. The molecule has 72 valence electrons. The van der Waals surface area contributed by atoms with Gasteiger partial charge >= 0.3 is 0 Å². The molecule has 0 atom stereocenters. The first-order valence-corrected chi connectivity index (χ1v) is 4.57. The highest BCUT2D eigenvalue weighted by Crippen LogP contribution is 2.07. The van der Waals surface area contributed by atoms with Crippen LogP contribution in [0.15, 0.2) is 18.3 Å². The van der Waals surface area contributed by atoms with Gasteiger partial charge in [0, 0.05) is 6.07 Å². The van der Waals surface area contributed by atoms with Gasteiger partial charge in [0.1, 0.15) is 5.82 Å². The number of rotatable bonds is 5. The van der Waals surface area contributed by atoms with E-state index in [1.54, 1.807) is 6.07 Å². The molecule has 1 heterocycles. The lowest BCUT2D eigenvalue weighted by atomic mass is 10.3. The highest BCUT2D eigenvalue weighted by atomic mass is 19.1. The first kappa shape index (κ1) is 9.96. The van der Waals surface area contributed by atoms with Gasteiger partial charge in [0.15, 0.2) is 0 Å². The van der Waals surface area contributed by atoms with Gasteiger partial charge in [0.05, 0.1) is 12.8 Å². The van der Waals surface area contributed by atoms with Crippen molar-refractivity contribution < 1.29 is 9.13 Å². The third-order valence-electron chi connectivity index (χ3n) is 1.70. The van der Waals surface area contributed by atoms with Crippen molar-refractivity contribution in [3.8, 4) is 5.88 Å². The topological polar surface area (TPSA) is 22.1 Å². The molecular weight excluding hydrogens is 169 g/mol. The summed E-state index contributed by atoms with van der Waals surface area (Å²) in [7, 11) is 0. The Hall–Kier alpha value is -1.12. The summed E-state index contributed by atoms with van der Waals surface area (Å²) in [6.45, 7) is 2.79. The minimum Gasteiger partial charge on any atom is -0.478 e. The van der Waals surface area contributed by atoms with Crippen LogP contribution in [0.25, 0.3) is 0 Å². The Balaban J connectivity index is 2.25. The summed E-state index contributed by atoms with van der Waals surface area (Å²) in [5.74, 6) is 0.165. The largest absolute Gasteiger partial charge is 0.478 e. The number of nitrogens with zero attached hydrogens (tertiary/aromatic N) is 1. The number of pyridine rings is 1. The molecule has 0 fully saturated rings. The molecule has 0 N–H and O–H groups in total. The molecule has 0 spiro atoms. The molecule has 0 aliphatic carbocycles. The van der Waals surface area contributed by atoms with E-state index >= 15 is 0 Å². The zero-order chi connectivity index (χ0) is 9.52. The SMILES string of the molecule is CCCCCOc1ccc(F)cn1. The number of hydrogen-bond donors (Lipinski definition) is 0. The standard InChI is InChI=1S/C10H14FNO/c1-2-3-4-7-13-10-6-5-9(11)8-12-10/h5-6,8H,2-4,7H2,1H3. The predicted octanol–water partition coefficient (Wildman–Crippen LogP) is 2.79. The minimum absolute atomic E-state index is 0.332. The lowest BCUT2D eigenvalue weighted by Gasteiger charge is -2.03. The van der Waals surface area contributed by atoms with Gasteiger partial charge in [-0.05, 0) is 12.5 Å². The number of ether oxygens (including phenoxy) is 1. The second kappa shape index (κ2) is 5.51. The first-order valence-electron chi connectivity index (χ1n) is 4.57. The molecule has 0 unspecified atom stereocenters. The van der Waals surface area contributed by atoms with E-state index in [2.05, 4.69) is 11.9 Å². The van der Waals surface area contributed by atoms with Crippen molar-refractivity contribution >= 4 is 0 Å². The number of unbranched alkanes of at least 4 members (excludes halogenated alkanes) is 2. The van der Waals surface area contributed by atoms with Crippen LogP contribution in [0.5, 0.6) is 5.88 Å². The molecule has 13 heavy (non-hydrogen) atoms. The summed E-state index contributed by atoms with van der Waals surface area (Å²) in [5.41, 5.74) is 0. The zero-order valence-corrected chi connectivity index (χ0v) is 7.79. The molecular formula is C10H14FNO. The third kappa shape index (κ3) is 3.87. The summed E-state index contributed by atoms with van der Waals surface area (Å²) >= 11 is 0. The molecule has 0 bridgehead atoms. The molecule has 0 aliphatic rings. The predicted molar refractivity (Wildman–Crippen MR) is 49.2 cm³/mol. The quantitative estimate of drug-likeness (QED) is 0.655.